The summed E-state index contributed by atoms with van der Waals surface area (Å²) < 4.78 is 7.44. The van der Waals surface area contributed by atoms with Gasteiger partial charge in [-0.25, -0.2) is 15.0 Å². The van der Waals surface area contributed by atoms with Gasteiger partial charge in [-0.2, -0.15) is 0 Å². The Morgan fingerprint density at radius 3 is 1.45 bits per heavy atom. The molecule has 8 aromatic carbocycles. The molecule has 0 unspecified atom stereocenters. The topological polar surface area (TPSA) is 60.8 Å². The van der Waals surface area contributed by atoms with Crippen molar-refractivity contribution in [1.82, 2.24) is 19.9 Å². The summed E-state index contributed by atoms with van der Waals surface area (Å²) in [4.78, 5) is 20.0. The highest BCUT2D eigenvalue weighted by Gasteiger charge is 2.52. The third-order valence-corrected chi connectivity index (χ3v) is 12.0. The van der Waals surface area contributed by atoms with Crippen molar-refractivity contribution in [1.29, 1.82) is 0 Å². The molecule has 2 aromatic heterocycles. The molecule has 5 heteroatoms. The van der Waals surface area contributed by atoms with E-state index in [0.717, 1.165) is 72.5 Å². The predicted octanol–water partition coefficient (Wildman–Crippen LogP) is 13.2. The van der Waals surface area contributed by atoms with E-state index in [2.05, 4.69) is 133 Å². The van der Waals surface area contributed by atoms with E-state index in [9.17, 15) is 0 Å². The van der Waals surface area contributed by atoms with Crippen LogP contribution in [0.4, 0.5) is 0 Å². The van der Waals surface area contributed by atoms with Crippen LogP contribution in [0.1, 0.15) is 22.3 Å². The lowest BCUT2D eigenvalue weighted by molar-refractivity contribution is 0.440. The van der Waals surface area contributed by atoms with Gasteiger partial charge in [0.25, 0.3) is 0 Å². The predicted molar refractivity (Wildman–Crippen MR) is 240 cm³/mol. The highest BCUT2D eigenvalue weighted by Crippen LogP contribution is 2.64. The summed E-state index contributed by atoms with van der Waals surface area (Å²) in [5.41, 5.74) is 14.2. The second kappa shape index (κ2) is 13.5. The Hall–Kier alpha value is -8.02. The Labute approximate surface area is 347 Å². The number of fused-ring (bicyclic) bond motifs is 10. The first-order valence-corrected chi connectivity index (χ1v) is 20.2. The van der Waals surface area contributed by atoms with E-state index in [1.165, 1.54) is 22.3 Å². The van der Waals surface area contributed by atoms with Crippen LogP contribution in [0.2, 0.25) is 0 Å². The zero-order valence-corrected chi connectivity index (χ0v) is 32.3. The first kappa shape index (κ1) is 34.1. The molecule has 0 fully saturated rings. The van der Waals surface area contributed by atoms with Gasteiger partial charge in [0.15, 0.2) is 17.5 Å². The zero-order valence-electron chi connectivity index (χ0n) is 32.3. The van der Waals surface area contributed by atoms with Crippen LogP contribution >= 0.6 is 0 Å². The van der Waals surface area contributed by atoms with E-state index in [-0.39, 0.29) is 0 Å². The molecular formula is C55H34N4O. The van der Waals surface area contributed by atoms with Gasteiger partial charge in [0.05, 0.1) is 10.9 Å². The van der Waals surface area contributed by atoms with Crippen molar-refractivity contribution in [3.05, 3.63) is 229 Å². The van der Waals surface area contributed by atoms with Crippen LogP contribution in [0.3, 0.4) is 0 Å². The minimum absolute atomic E-state index is 0.599. The number of nitrogens with zero attached hydrogens (tertiary/aromatic N) is 4. The highest BCUT2D eigenvalue weighted by atomic mass is 16.5. The summed E-state index contributed by atoms with van der Waals surface area (Å²) in [5.74, 6) is 3.49. The highest BCUT2D eigenvalue weighted by molar-refractivity contribution is 5.98. The summed E-state index contributed by atoms with van der Waals surface area (Å²) in [6.07, 6.45) is 1.87. The van der Waals surface area contributed by atoms with Crippen molar-refractivity contribution >= 4 is 10.9 Å². The smallest absolute Gasteiger partial charge is 0.164 e. The van der Waals surface area contributed by atoms with Crippen LogP contribution in [-0.4, -0.2) is 19.9 Å². The third-order valence-electron chi connectivity index (χ3n) is 12.0. The van der Waals surface area contributed by atoms with Crippen molar-refractivity contribution in [2.45, 2.75) is 5.41 Å². The van der Waals surface area contributed by atoms with Crippen molar-refractivity contribution in [2.75, 3.05) is 0 Å². The quantitative estimate of drug-likeness (QED) is 0.175. The van der Waals surface area contributed by atoms with Crippen LogP contribution in [0.5, 0.6) is 11.5 Å². The number of benzene rings is 8. The maximum absolute atomic E-state index is 7.44. The fourth-order valence-corrected chi connectivity index (χ4v) is 9.47. The van der Waals surface area contributed by atoms with Crippen molar-refractivity contribution in [2.24, 2.45) is 0 Å². The zero-order chi connectivity index (χ0) is 39.6. The molecule has 0 saturated carbocycles. The van der Waals surface area contributed by atoms with Gasteiger partial charge in [-0.3, -0.25) is 4.98 Å². The SMILES string of the molecule is c1ccc(-c2nc(-c3ccccc3)nc(-c3cccc(-c4cccc5c4Oc4c(-c6cccc7cccnc67)cccc4C54c5ccccc5-c5ccccc54)c3)n2)cc1. The summed E-state index contributed by atoms with van der Waals surface area (Å²) >= 11 is 0. The average molecular weight is 767 g/mol. The van der Waals surface area contributed by atoms with E-state index in [1.54, 1.807) is 0 Å². The molecule has 1 spiro atoms. The second-order valence-electron chi connectivity index (χ2n) is 15.3. The Balaban J connectivity index is 1.10. The van der Waals surface area contributed by atoms with Crippen LogP contribution in [0, 0.1) is 0 Å². The van der Waals surface area contributed by atoms with Gasteiger partial charge in [-0.1, -0.05) is 188 Å². The monoisotopic (exact) mass is 766 g/mol. The lowest BCUT2D eigenvalue weighted by atomic mass is 9.65. The third kappa shape index (κ3) is 5.12. The molecule has 60 heavy (non-hydrogen) atoms. The molecular weight excluding hydrogens is 733 g/mol. The first-order chi connectivity index (χ1) is 29.8. The molecule has 0 atom stereocenters. The number of para-hydroxylation sites is 3. The lowest BCUT2D eigenvalue weighted by Crippen LogP contribution is -2.32. The Bertz CT molecular complexity index is 3200. The van der Waals surface area contributed by atoms with Crippen LogP contribution < -0.4 is 4.74 Å². The molecule has 1 aliphatic heterocycles. The maximum Gasteiger partial charge on any atom is 0.164 e. The maximum atomic E-state index is 7.44. The molecule has 1 aliphatic carbocycles. The van der Waals surface area contributed by atoms with Gasteiger partial charge in [0.2, 0.25) is 0 Å². The van der Waals surface area contributed by atoms with E-state index in [1.807, 2.05) is 72.9 Å². The molecule has 10 aromatic rings. The van der Waals surface area contributed by atoms with E-state index in [4.69, 9.17) is 24.7 Å². The molecule has 2 aliphatic rings. The number of hydrogen-bond donors (Lipinski definition) is 0. The molecule has 0 bridgehead atoms. The van der Waals surface area contributed by atoms with Crippen LogP contribution in [0.15, 0.2) is 206 Å². The number of pyridine rings is 1. The minimum Gasteiger partial charge on any atom is -0.455 e. The summed E-state index contributed by atoms with van der Waals surface area (Å²) in [5, 5.41) is 1.08. The fourth-order valence-electron chi connectivity index (χ4n) is 9.47. The second-order valence-corrected chi connectivity index (χ2v) is 15.3. The van der Waals surface area contributed by atoms with E-state index < -0.39 is 5.41 Å². The standard InChI is InChI=1S/C55H34N4O/c1-3-16-36(17-4-1)52-57-53(37-18-5-2-6-19-37)59-54(58-52)39-22-11-21-38(34-39)40-26-13-31-47-50(40)60-51-44(43-27-12-20-35-23-15-33-56-49(35)43)28-14-32-48(51)55(47)45-29-9-7-24-41(45)42-25-8-10-30-46(42)55/h1-34H. The van der Waals surface area contributed by atoms with E-state index in [0.29, 0.717) is 17.5 Å². The van der Waals surface area contributed by atoms with Gasteiger partial charge in [-0.15, -0.1) is 0 Å². The summed E-state index contributed by atoms with van der Waals surface area (Å²) in [7, 11) is 0. The largest absolute Gasteiger partial charge is 0.455 e. The Morgan fingerprint density at radius 1 is 0.333 bits per heavy atom. The fraction of sp³-hybridized carbons (Fsp3) is 0.0182. The number of hydrogen-bond acceptors (Lipinski definition) is 5. The molecule has 5 nitrogen and oxygen atoms in total. The van der Waals surface area contributed by atoms with Crippen LogP contribution in [-0.2, 0) is 5.41 Å². The lowest BCUT2D eigenvalue weighted by Gasteiger charge is -2.40. The normalized spacial score (nSPS) is 12.9. The molecule has 0 N–H and O–H groups in total. The minimum atomic E-state index is -0.652. The number of ether oxygens (including phenoxy) is 1. The van der Waals surface area contributed by atoms with Gasteiger partial charge in [0.1, 0.15) is 11.5 Å². The molecule has 0 saturated heterocycles. The molecule has 280 valence electrons. The Morgan fingerprint density at radius 2 is 0.783 bits per heavy atom. The van der Waals surface area contributed by atoms with Gasteiger partial charge in [0, 0.05) is 56.1 Å². The van der Waals surface area contributed by atoms with Gasteiger partial charge >= 0.3 is 0 Å². The van der Waals surface area contributed by atoms with Gasteiger partial charge < -0.3 is 4.74 Å². The van der Waals surface area contributed by atoms with Crippen molar-refractivity contribution < 1.29 is 4.74 Å². The van der Waals surface area contributed by atoms with Crippen molar-refractivity contribution in [3.8, 4) is 79.0 Å². The summed E-state index contributed by atoms with van der Waals surface area (Å²) in [6, 6.07) is 70.0. The Kier molecular flexibility index (Phi) is 7.69. The van der Waals surface area contributed by atoms with Crippen molar-refractivity contribution in [3.63, 3.8) is 0 Å². The summed E-state index contributed by atoms with van der Waals surface area (Å²) in [6.45, 7) is 0. The first-order valence-electron chi connectivity index (χ1n) is 20.2. The molecule has 3 heterocycles. The van der Waals surface area contributed by atoms with E-state index >= 15 is 0 Å². The van der Waals surface area contributed by atoms with Gasteiger partial charge in [-0.05, 0) is 39.9 Å². The average Bonchev–Trinajstić information content (AvgIpc) is 3.62. The number of rotatable bonds is 5. The number of aromatic nitrogens is 4. The van der Waals surface area contributed by atoms with Crippen LogP contribution in [0.25, 0.3) is 78.4 Å². The molecule has 0 radical (unpaired) electrons. The molecule has 12 rings (SSSR count). The molecule has 0 amide bonds.